The summed E-state index contributed by atoms with van der Waals surface area (Å²) in [6.07, 6.45) is 71.8. The highest BCUT2D eigenvalue weighted by molar-refractivity contribution is 5.76. The fourth-order valence-electron chi connectivity index (χ4n) is 9.69. The van der Waals surface area contributed by atoms with Crippen LogP contribution in [0.3, 0.4) is 0 Å². The molecule has 0 aromatic heterocycles. The van der Waals surface area contributed by atoms with Crippen molar-refractivity contribution < 1.29 is 24.5 Å². The molecule has 6 heteroatoms. The van der Waals surface area contributed by atoms with Crippen molar-refractivity contribution in [3.05, 3.63) is 24.3 Å². The van der Waals surface area contributed by atoms with Gasteiger partial charge in [-0.25, -0.2) is 0 Å². The molecule has 3 N–H and O–H groups in total. The largest absolute Gasteiger partial charge is 0.466 e. The number of hydrogen-bond acceptors (Lipinski definition) is 5. The molecule has 0 spiro atoms. The molecule has 0 aliphatic carbocycles. The lowest BCUT2D eigenvalue weighted by molar-refractivity contribution is -0.143. The lowest BCUT2D eigenvalue weighted by Crippen LogP contribution is -2.45. The SMILES string of the molecule is CCCCCCCC/C=C\CCCCCCCC(=O)OCCCCCCCCCCC/C=C\CCCCCCCC(=O)NC(CO)C(O)CCCCCCCCCCCCCCCCCCCCC. The fraction of sp³-hybridized carbons (Fsp3) is 0.905. The first-order valence-electron chi connectivity index (χ1n) is 31.1. The van der Waals surface area contributed by atoms with Crippen LogP contribution in [0, 0.1) is 0 Å². The highest BCUT2D eigenvalue weighted by Crippen LogP contribution is 2.17. The molecule has 408 valence electrons. The van der Waals surface area contributed by atoms with Crippen molar-refractivity contribution in [3.63, 3.8) is 0 Å². The molecule has 0 fully saturated rings. The van der Waals surface area contributed by atoms with Gasteiger partial charge in [0.25, 0.3) is 0 Å². The van der Waals surface area contributed by atoms with E-state index in [0.717, 1.165) is 57.8 Å². The summed E-state index contributed by atoms with van der Waals surface area (Å²) >= 11 is 0. The minimum absolute atomic E-state index is 0.00436. The molecule has 0 rings (SSSR count). The zero-order valence-corrected chi connectivity index (χ0v) is 46.6. The summed E-state index contributed by atoms with van der Waals surface area (Å²) in [4.78, 5) is 24.6. The van der Waals surface area contributed by atoms with Crippen molar-refractivity contribution in [2.24, 2.45) is 0 Å². The lowest BCUT2D eigenvalue weighted by atomic mass is 10.0. The first-order valence-corrected chi connectivity index (χ1v) is 31.1. The van der Waals surface area contributed by atoms with E-state index in [4.69, 9.17) is 4.74 Å². The number of nitrogens with one attached hydrogen (secondary N) is 1. The summed E-state index contributed by atoms with van der Waals surface area (Å²) < 4.78 is 5.47. The maximum atomic E-state index is 12.5. The van der Waals surface area contributed by atoms with Crippen LogP contribution in [0.25, 0.3) is 0 Å². The Morgan fingerprint density at radius 1 is 0.391 bits per heavy atom. The maximum absolute atomic E-state index is 12.5. The fourth-order valence-corrected chi connectivity index (χ4v) is 9.69. The summed E-state index contributed by atoms with van der Waals surface area (Å²) in [5.74, 6) is -0.0510. The van der Waals surface area contributed by atoms with Crippen LogP contribution in [0.15, 0.2) is 24.3 Å². The summed E-state index contributed by atoms with van der Waals surface area (Å²) in [5, 5.41) is 23.3. The van der Waals surface area contributed by atoms with Crippen molar-refractivity contribution in [2.45, 2.75) is 353 Å². The van der Waals surface area contributed by atoms with Gasteiger partial charge in [0.15, 0.2) is 0 Å². The minimum atomic E-state index is -0.674. The van der Waals surface area contributed by atoms with Gasteiger partial charge in [0, 0.05) is 12.8 Å². The van der Waals surface area contributed by atoms with Crippen LogP contribution in [0.5, 0.6) is 0 Å². The Hall–Kier alpha value is -1.66. The summed E-state index contributed by atoms with van der Waals surface area (Å²) in [6, 6.07) is -0.552. The number of amides is 1. The number of esters is 1. The van der Waals surface area contributed by atoms with Crippen molar-refractivity contribution >= 4 is 11.9 Å². The number of carbonyl (C=O) groups is 2. The first-order chi connectivity index (χ1) is 34.0. The second-order valence-electron chi connectivity index (χ2n) is 21.4. The van der Waals surface area contributed by atoms with Crippen LogP contribution in [-0.2, 0) is 14.3 Å². The average Bonchev–Trinajstić information content (AvgIpc) is 3.35. The molecule has 0 aromatic rings. The van der Waals surface area contributed by atoms with Crippen LogP contribution in [0.4, 0.5) is 0 Å². The van der Waals surface area contributed by atoms with E-state index >= 15 is 0 Å². The van der Waals surface area contributed by atoms with Gasteiger partial charge in [-0.1, -0.05) is 276 Å². The second-order valence-corrected chi connectivity index (χ2v) is 21.4. The van der Waals surface area contributed by atoms with Crippen LogP contribution >= 0.6 is 0 Å². The van der Waals surface area contributed by atoms with E-state index in [-0.39, 0.29) is 18.5 Å². The molecule has 0 aromatic carbocycles. The molecule has 1 amide bonds. The smallest absolute Gasteiger partial charge is 0.305 e. The molecule has 0 saturated heterocycles. The lowest BCUT2D eigenvalue weighted by Gasteiger charge is -2.22. The quantitative estimate of drug-likeness (QED) is 0.0321. The summed E-state index contributed by atoms with van der Waals surface area (Å²) in [6.45, 7) is 4.95. The van der Waals surface area contributed by atoms with Gasteiger partial charge in [0.1, 0.15) is 0 Å². The number of allylic oxidation sites excluding steroid dienone is 4. The normalized spacial score (nSPS) is 12.7. The molecule has 6 nitrogen and oxygen atoms in total. The number of aliphatic hydroxyl groups excluding tert-OH is 2. The zero-order valence-electron chi connectivity index (χ0n) is 46.6. The van der Waals surface area contributed by atoms with Crippen molar-refractivity contribution in [1.29, 1.82) is 0 Å². The minimum Gasteiger partial charge on any atom is -0.466 e. The number of unbranched alkanes of at least 4 members (excludes halogenated alkanes) is 43. The Morgan fingerprint density at radius 3 is 1.03 bits per heavy atom. The van der Waals surface area contributed by atoms with Gasteiger partial charge in [0.2, 0.25) is 5.91 Å². The molecule has 69 heavy (non-hydrogen) atoms. The summed E-state index contributed by atoms with van der Waals surface area (Å²) in [5.41, 5.74) is 0. The van der Waals surface area contributed by atoms with E-state index in [2.05, 4.69) is 43.5 Å². The Labute approximate surface area is 431 Å². The van der Waals surface area contributed by atoms with Crippen LogP contribution in [0.1, 0.15) is 341 Å². The second kappa shape index (κ2) is 58.9. The van der Waals surface area contributed by atoms with Crippen LogP contribution in [-0.4, -0.2) is 47.4 Å². The standard InChI is InChI=1S/C63H121NO5/c1-3-5-7-9-11-13-15-17-19-20-21-24-28-31-35-39-43-47-51-55-61(66)60(59-65)64-62(67)56-52-48-44-40-36-32-29-25-22-23-26-30-34-38-42-46-50-54-58-69-63(68)57-53-49-45-41-37-33-27-18-16-14-12-10-8-6-4-2/h18,25,27,29,60-61,65-66H,3-17,19-24,26,28,30-59H2,1-2H3,(H,64,67)/b27-18-,29-25-. The van der Waals surface area contributed by atoms with E-state index in [1.165, 1.54) is 250 Å². The Balaban J connectivity index is 3.45. The Kier molecular flexibility index (Phi) is 57.5. The van der Waals surface area contributed by atoms with E-state index in [1.54, 1.807) is 0 Å². The van der Waals surface area contributed by atoms with E-state index in [1.807, 2.05) is 0 Å². The molecule has 0 aliphatic heterocycles. The van der Waals surface area contributed by atoms with Gasteiger partial charge in [-0.05, 0) is 77.0 Å². The van der Waals surface area contributed by atoms with Gasteiger partial charge in [0.05, 0.1) is 25.4 Å². The van der Waals surface area contributed by atoms with Gasteiger partial charge in [-0.2, -0.15) is 0 Å². The molecule has 0 aliphatic rings. The number of ether oxygens (including phenoxy) is 1. The summed E-state index contributed by atoms with van der Waals surface area (Å²) in [7, 11) is 0. The van der Waals surface area contributed by atoms with Gasteiger partial charge >= 0.3 is 5.97 Å². The van der Waals surface area contributed by atoms with Crippen molar-refractivity contribution in [3.8, 4) is 0 Å². The molecular formula is C63H121NO5. The average molecular weight is 973 g/mol. The number of rotatable bonds is 58. The topological polar surface area (TPSA) is 95.9 Å². The van der Waals surface area contributed by atoms with Crippen LogP contribution in [0.2, 0.25) is 0 Å². The molecular weight excluding hydrogens is 851 g/mol. The van der Waals surface area contributed by atoms with E-state index < -0.39 is 12.1 Å². The monoisotopic (exact) mass is 972 g/mol. The molecule has 2 unspecified atom stereocenters. The highest BCUT2D eigenvalue weighted by Gasteiger charge is 2.20. The number of hydrogen-bond donors (Lipinski definition) is 3. The number of aliphatic hydroxyl groups is 2. The molecule has 0 bridgehead atoms. The zero-order chi connectivity index (χ0) is 50.0. The van der Waals surface area contributed by atoms with Crippen molar-refractivity contribution in [2.75, 3.05) is 13.2 Å². The Bertz CT molecular complexity index is 1080. The molecule has 0 radical (unpaired) electrons. The highest BCUT2D eigenvalue weighted by atomic mass is 16.5. The Morgan fingerprint density at radius 2 is 0.681 bits per heavy atom. The van der Waals surface area contributed by atoms with Gasteiger partial charge in [-0.3, -0.25) is 9.59 Å². The third kappa shape index (κ3) is 55.5. The first kappa shape index (κ1) is 67.3. The predicted octanol–water partition coefficient (Wildman–Crippen LogP) is 19.4. The molecule has 0 heterocycles. The molecule has 2 atom stereocenters. The maximum Gasteiger partial charge on any atom is 0.305 e. The number of carbonyl (C=O) groups excluding carboxylic acids is 2. The third-order valence-electron chi connectivity index (χ3n) is 14.5. The third-order valence-corrected chi connectivity index (χ3v) is 14.5. The predicted molar refractivity (Wildman–Crippen MR) is 301 cm³/mol. The van der Waals surface area contributed by atoms with Gasteiger partial charge in [-0.15, -0.1) is 0 Å². The van der Waals surface area contributed by atoms with E-state index in [9.17, 15) is 19.8 Å². The van der Waals surface area contributed by atoms with E-state index in [0.29, 0.717) is 25.9 Å². The molecule has 0 saturated carbocycles. The van der Waals surface area contributed by atoms with Gasteiger partial charge < -0.3 is 20.3 Å². The van der Waals surface area contributed by atoms with Crippen molar-refractivity contribution in [1.82, 2.24) is 5.32 Å². The van der Waals surface area contributed by atoms with Crippen LogP contribution < -0.4 is 5.32 Å².